The van der Waals surface area contributed by atoms with Gasteiger partial charge in [0.25, 0.3) is 5.91 Å². The summed E-state index contributed by atoms with van der Waals surface area (Å²) in [4.78, 5) is 17.6. The van der Waals surface area contributed by atoms with Crippen LogP contribution in [0.3, 0.4) is 0 Å². The summed E-state index contributed by atoms with van der Waals surface area (Å²) in [6.07, 6.45) is 3.09. The highest BCUT2D eigenvalue weighted by molar-refractivity contribution is 7.15. The Morgan fingerprint density at radius 3 is 3.00 bits per heavy atom. The van der Waals surface area contributed by atoms with E-state index in [0.29, 0.717) is 10.9 Å². The van der Waals surface area contributed by atoms with Crippen LogP contribution in [0.2, 0.25) is 0 Å². The summed E-state index contributed by atoms with van der Waals surface area (Å²) in [5.74, 6) is -0.712. The zero-order valence-electron chi connectivity index (χ0n) is 10.9. The molecular formula is C14H13FN2O2S. The Morgan fingerprint density at radius 1 is 1.45 bits per heavy atom. The van der Waals surface area contributed by atoms with Crippen molar-refractivity contribution in [3.05, 3.63) is 40.2 Å². The van der Waals surface area contributed by atoms with Crippen LogP contribution in [0.25, 0.3) is 0 Å². The Balaban J connectivity index is 1.78. The summed E-state index contributed by atoms with van der Waals surface area (Å²) in [6, 6.07) is 4.15. The van der Waals surface area contributed by atoms with Crippen molar-refractivity contribution < 1.29 is 13.9 Å². The van der Waals surface area contributed by atoms with Crippen molar-refractivity contribution in [3.8, 4) is 5.75 Å². The molecule has 1 aromatic heterocycles. The summed E-state index contributed by atoms with van der Waals surface area (Å²) in [5.41, 5.74) is 1.04. The maximum atomic E-state index is 13.8. The van der Waals surface area contributed by atoms with Gasteiger partial charge in [-0.15, -0.1) is 11.3 Å². The maximum Gasteiger partial charge on any atom is 0.260 e. The summed E-state index contributed by atoms with van der Waals surface area (Å²) < 4.78 is 18.7. The molecule has 1 aliphatic carbocycles. The first kappa shape index (κ1) is 13.1. The van der Waals surface area contributed by atoms with E-state index in [9.17, 15) is 9.18 Å². The zero-order chi connectivity index (χ0) is 14.1. The van der Waals surface area contributed by atoms with E-state index < -0.39 is 11.7 Å². The number of rotatable bonds is 3. The van der Waals surface area contributed by atoms with Crippen molar-refractivity contribution in [1.82, 2.24) is 4.98 Å². The van der Waals surface area contributed by atoms with Crippen molar-refractivity contribution >= 4 is 22.4 Å². The number of nitrogens with zero attached hydrogens (tertiary/aromatic N) is 1. The lowest BCUT2D eigenvalue weighted by atomic mass is 10.2. The number of hydrogen-bond acceptors (Lipinski definition) is 4. The van der Waals surface area contributed by atoms with Crippen LogP contribution >= 0.6 is 11.3 Å². The molecule has 0 spiro atoms. The number of anilines is 1. The number of fused-ring (bicyclic) bond motifs is 1. The number of aromatic nitrogens is 1. The van der Waals surface area contributed by atoms with E-state index >= 15 is 0 Å². The van der Waals surface area contributed by atoms with Gasteiger partial charge in [-0.05, 0) is 31.4 Å². The second-order valence-electron chi connectivity index (χ2n) is 4.54. The third-order valence-electron chi connectivity index (χ3n) is 3.24. The third-order valence-corrected chi connectivity index (χ3v) is 4.31. The number of nitrogens with one attached hydrogen (secondary N) is 1. The summed E-state index contributed by atoms with van der Waals surface area (Å²) in [5, 5.41) is 3.19. The number of carbonyl (C=O) groups excluding carboxylic acids is 1. The van der Waals surface area contributed by atoms with Crippen molar-refractivity contribution in [1.29, 1.82) is 0 Å². The lowest BCUT2D eigenvalue weighted by Gasteiger charge is -2.05. The van der Waals surface area contributed by atoms with E-state index in [4.69, 9.17) is 4.74 Å². The lowest BCUT2D eigenvalue weighted by Crippen LogP contribution is -2.13. The first-order chi connectivity index (χ1) is 9.67. The Kier molecular flexibility index (Phi) is 3.40. The zero-order valence-corrected chi connectivity index (χ0v) is 11.7. The number of ether oxygens (including phenoxy) is 1. The normalized spacial score (nSPS) is 13.1. The van der Waals surface area contributed by atoms with Gasteiger partial charge >= 0.3 is 0 Å². The largest absolute Gasteiger partial charge is 0.497 e. The minimum atomic E-state index is -0.606. The molecule has 1 aliphatic rings. The minimum absolute atomic E-state index is 0.0128. The van der Waals surface area contributed by atoms with Crippen molar-refractivity contribution in [2.24, 2.45) is 0 Å². The molecular weight excluding hydrogens is 279 g/mol. The van der Waals surface area contributed by atoms with Crippen LogP contribution < -0.4 is 10.1 Å². The van der Waals surface area contributed by atoms with Gasteiger partial charge in [-0.2, -0.15) is 0 Å². The van der Waals surface area contributed by atoms with Crippen molar-refractivity contribution in [2.45, 2.75) is 19.3 Å². The van der Waals surface area contributed by atoms with E-state index in [0.717, 1.165) is 25.0 Å². The van der Waals surface area contributed by atoms with Gasteiger partial charge in [0.2, 0.25) is 0 Å². The van der Waals surface area contributed by atoms with E-state index in [1.165, 1.54) is 35.5 Å². The molecule has 1 aromatic carbocycles. The second kappa shape index (κ2) is 5.20. The molecule has 1 heterocycles. The molecule has 20 heavy (non-hydrogen) atoms. The van der Waals surface area contributed by atoms with Crippen LogP contribution in [0.5, 0.6) is 5.75 Å². The van der Waals surface area contributed by atoms with Crippen LogP contribution in [0.15, 0.2) is 18.2 Å². The van der Waals surface area contributed by atoms with E-state index in [-0.39, 0.29) is 5.56 Å². The Labute approximate surface area is 119 Å². The molecule has 104 valence electrons. The highest BCUT2D eigenvalue weighted by atomic mass is 32.1. The number of benzene rings is 1. The maximum absolute atomic E-state index is 13.8. The number of thiazole rings is 1. The molecule has 1 amide bonds. The number of hydrogen-bond donors (Lipinski definition) is 1. The Bertz CT molecular complexity index is 648. The fourth-order valence-corrected chi connectivity index (χ4v) is 3.26. The SMILES string of the molecule is COc1ccc(C(=O)Nc2nc3c(s2)CCC3)c(F)c1. The van der Waals surface area contributed by atoms with Gasteiger partial charge in [-0.3, -0.25) is 10.1 Å². The molecule has 6 heteroatoms. The minimum Gasteiger partial charge on any atom is -0.497 e. The molecule has 0 radical (unpaired) electrons. The quantitative estimate of drug-likeness (QED) is 0.946. The summed E-state index contributed by atoms with van der Waals surface area (Å²) >= 11 is 1.47. The van der Waals surface area contributed by atoms with E-state index in [1.54, 1.807) is 6.07 Å². The van der Waals surface area contributed by atoms with Gasteiger partial charge in [0.15, 0.2) is 5.13 Å². The third kappa shape index (κ3) is 2.38. The predicted molar refractivity (Wildman–Crippen MR) is 75.0 cm³/mol. The van der Waals surface area contributed by atoms with Gasteiger partial charge in [-0.25, -0.2) is 9.37 Å². The molecule has 2 aromatic rings. The average Bonchev–Trinajstić information content (AvgIpc) is 2.99. The van der Waals surface area contributed by atoms with E-state index in [2.05, 4.69) is 10.3 Å². The molecule has 1 N–H and O–H groups in total. The molecule has 0 bridgehead atoms. The van der Waals surface area contributed by atoms with Crippen molar-refractivity contribution in [3.63, 3.8) is 0 Å². The molecule has 0 unspecified atom stereocenters. The predicted octanol–water partition coefficient (Wildman–Crippen LogP) is 3.03. The van der Waals surface area contributed by atoms with Crippen LogP contribution in [0.1, 0.15) is 27.3 Å². The molecule has 0 saturated heterocycles. The summed E-state index contributed by atoms with van der Waals surface area (Å²) in [7, 11) is 1.45. The monoisotopic (exact) mass is 292 g/mol. The number of aryl methyl sites for hydroxylation is 2. The molecule has 0 aliphatic heterocycles. The lowest BCUT2D eigenvalue weighted by molar-refractivity contribution is 0.102. The van der Waals surface area contributed by atoms with Gasteiger partial charge < -0.3 is 4.74 Å². The first-order valence-electron chi connectivity index (χ1n) is 6.31. The Hall–Kier alpha value is -1.95. The number of methoxy groups -OCH3 is 1. The van der Waals surface area contributed by atoms with Gasteiger partial charge in [-0.1, -0.05) is 0 Å². The topological polar surface area (TPSA) is 51.2 Å². The molecule has 0 fully saturated rings. The average molecular weight is 292 g/mol. The molecule has 0 atom stereocenters. The van der Waals surface area contributed by atoms with Crippen LogP contribution in [-0.2, 0) is 12.8 Å². The van der Waals surface area contributed by atoms with Crippen molar-refractivity contribution in [2.75, 3.05) is 12.4 Å². The van der Waals surface area contributed by atoms with Gasteiger partial charge in [0, 0.05) is 10.9 Å². The highest BCUT2D eigenvalue weighted by Gasteiger charge is 2.19. The first-order valence-corrected chi connectivity index (χ1v) is 7.12. The van der Waals surface area contributed by atoms with Gasteiger partial charge in [0.1, 0.15) is 11.6 Å². The van der Waals surface area contributed by atoms with Crippen LogP contribution in [-0.4, -0.2) is 18.0 Å². The Morgan fingerprint density at radius 2 is 2.30 bits per heavy atom. The summed E-state index contributed by atoms with van der Waals surface area (Å²) in [6.45, 7) is 0. The fraction of sp³-hybridized carbons (Fsp3) is 0.286. The number of halogens is 1. The fourth-order valence-electron chi connectivity index (χ4n) is 2.22. The second-order valence-corrected chi connectivity index (χ2v) is 5.63. The number of carbonyl (C=O) groups is 1. The van der Waals surface area contributed by atoms with Gasteiger partial charge in [0.05, 0.1) is 18.4 Å². The number of amides is 1. The van der Waals surface area contributed by atoms with Crippen LogP contribution in [0, 0.1) is 5.82 Å². The standard InChI is InChI=1S/C14H13FN2O2S/c1-19-8-5-6-9(10(15)7-8)13(18)17-14-16-11-3-2-4-12(11)20-14/h5-7H,2-4H2,1H3,(H,16,17,18). The highest BCUT2D eigenvalue weighted by Crippen LogP contribution is 2.30. The molecule has 0 saturated carbocycles. The molecule has 3 rings (SSSR count). The van der Waals surface area contributed by atoms with Crippen LogP contribution in [0.4, 0.5) is 9.52 Å². The smallest absolute Gasteiger partial charge is 0.260 e. The molecule has 4 nitrogen and oxygen atoms in total. The van der Waals surface area contributed by atoms with E-state index in [1.807, 2.05) is 0 Å².